The van der Waals surface area contributed by atoms with Gasteiger partial charge in [0, 0.05) is 30.1 Å². The van der Waals surface area contributed by atoms with E-state index in [1.807, 2.05) is 38.1 Å². The van der Waals surface area contributed by atoms with Crippen molar-refractivity contribution >= 4 is 17.0 Å². The fourth-order valence-electron chi connectivity index (χ4n) is 2.68. The molecule has 0 aliphatic carbocycles. The fraction of sp³-hybridized carbons (Fsp3) is 0.200. The molecule has 4 nitrogen and oxygen atoms in total. The third-order valence-corrected chi connectivity index (χ3v) is 4.05. The highest BCUT2D eigenvalue weighted by Gasteiger charge is 2.16. The number of hydrogen-bond donors (Lipinski definition) is 0. The number of fused-ring (bicyclic) bond motifs is 1. The molecule has 0 saturated carbocycles. The van der Waals surface area contributed by atoms with E-state index in [9.17, 15) is 9.18 Å². The molecule has 1 aromatic heterocycles. The highest BCUT2D eigenvalue weighted by atomic mass is 19.1. The Bertz CT molecular complexity index is 907. The van der Waals surface area contributed by atoms with E-state index in [-0.39, 0.29) is 5.82 Å². The van der Waals surface area contributed by atoms with E-state index in [4.69, 9.17) is 4.74 Å². The highest BCUT2D eigenvalue weighted by Crippen LogP contribution is 2.31. The lowest BCUT2D eigenvalue weighted by Crippen LogP contribution is -2.33. The van der Waals surface area contributed by atoms with Gasteiger partial charge >= 0.3 is 6.09 Å². The lowest BCUT2D eigenvalue weighted by atomic mass is 10.1. The van der Waals surface area contributed by atoms with Crippen LogP contribution < -0.4 is 4.74 Å². The first kappa shape index (κ1) is 16.9. The zero-order chi connectivity index (χ0) is 17.8. The maximum absolute atomic E-state index is 14.2. The molecule has 5 heteroatoms. The molecule has 0 fully saturated rings. The summed E-state index contributed by atoms with van der Waals surface area (Å²) in [5.41, 5.74) is 1.44. The van der Waals surface area contributed by atoms with Gasteiger partial charge in [0.15, 0.2) is 0 Å². The Kier molecular flexibility index (Phi) is 4.93. The van der Waals surface area contributed by atoms with Crippen molar-refractivity contribution in [1.82, 2.24) is 9.88 Å². The lowest BCUT2D eigenvalue weighted by Gasteiger charge is -2.19. The van der Waals surface area contributed by atoms with Crippen molar-refractivity contribution in [3.05, 3.63) is 60.4 Å². The van der Waals surface area contributed by atoms with Crippen molar-refractivity contribution in [3.63, 3.8) is 0 Å². The van der Waals surface area contributed by atoms with Crippen LogP contribution in [0.15, 0.2) is 54.6 Å². The summed E-state index contributed by atoms with van der Waals surface area (Å²) >= 11 is 0. The predicted molar refractivity (Wildman–Crippen MR) is 96.1 cm³/mol. The maximum Gasteiger partial charge on any atom is 0.415 e. The third-order valence-electron chi connectivity index (χ3n) is 4.05. The zero-order valence-electron chi connectivity index (χ0n) is 14.2. The fourth-order valence-corrected chi connectivity index (χ4v) is 2.68. The van der Waals surface area contributed by atoms with Crippen LogP contribution in [0, 0.1) is 5.82 Å². The standard InChI is InChI=1S/C20H19FN2O2/c1-3-23(4-2)20(24)25-19-13-18(14-9-5-7-11-16(14)21)22-17-12-8-6-10-15(17)19/h5-13H,3-4H2,1-2H3. The number of halogens is 1. The largest absolute Gasteiger partial charge is 0.415 e. The summed E-state index contributed by atoms with van der Waals surface area (Å²) in [5, 5.41) is 0.711. The van der Waals surface area contributed by atoms with Gasteiger partial charge in [0.2, 0.25) is 0 Å². The van der Waals surface area contributed by atoms with Crippen molar-refractivity contribution < 1.29 is 13.9 Å². The average molecular weight is 338 g/mol. The maximum atomic E-state index is 14.2. The summed E-state index contributed by atoms with van der Waals surface area (Å²) in [6.45, 7) is 4.89. The number of amides is 1. The smallest absolute Gasteiger partial charge is 0.409 e. The number of hydrogen-bond acceptors (Lipinski definition) is 3. The van der Waals surface area contributed by atoms with E-state index in [1.54, 1.807) is 29.2 Å². The molecular weight excluding hydrogens is 319 g/mol. The second-order valence-corrected chi connectivity index (χ2v) is 5.54. The Morgan fingerprint density at radius 2 is 1.76 bits per heavy atom. The van der Waals surface area contributed by atoms with Gasteiger partial charge in [0.25, 0.3) is 0 Å². The number of ether oxygens (including phenoxy) is 1. The number of aromatic nitrogens is 1. The van der Waals surface area contributed by atoms with Crippen LogP contribution in [0.25, 0.3) is 22.2 Å². The van der Waals surface area contributed by atoms with E-state index >= 15 is 0 Å². The van der Waals surface area contributed by atoms with E-state index < -0.39 is 6.09 Å². The Morgan fingerprint density at radius 1 is 1.08 bits per heavy atom. The molecule has 1 heterocycles. The van der Waals surface area contributed by atoms with Crippen molar-refractivity contribution in [3.8, 4) is 17.0 Å². The lowest BCUT2D eigenvalue weighted by molar-refractivity contribution is 0.158. The van der Waals surface area contributed by atoms with Crippen LogP contribution in [-0.4, -0.2) is 29.1 Å². The number of nitrogens with zero attached hydrogens (tertiary/aromatic N) is 2. The molecule has 25 heavy (non-hydrogen) atoms. The predicted octanol–water partition coefficient (Wildman–Crippen LogP) is 4.88. The molecule has 0 aliphatic rings. The zero-order valence-corrected chi connectivity index (χ0v) is 14.2. The highest BCUT2D eigenvalue weighted by molar-refractivity contribution is 5.90. The number of carbonyl (C=O) groups excluding carboxylic acids is 1. The van der Waals surface area contributed by atoms with Gasteiger partial charge in [-0.15, -0.1) is 0 Å². The molecule has 0 unspecified atom stereocenters. The van der Waals surface area contributed by atoms with Crippen molar-refractivity contribution in [2.45, 2.75) is 13.8 Å². The van der Waals surface area contributed by atoms with Crippen LogP contribution in [0.2, 0.25) is 0 Å². The van der Waals surface area contributed by atoms with Gasteiger partial charge in [-0.05, 0) is 38.1 Å². The Balaban J connectivity index is 2.10. The SMILES string of the molecule is CCN(CC)C(=O)Oc1cc(-c2ccccc2F)nc2ccccc12. The first-order valence-corrected chi connectivity index (χ1v) is 8.25. The van der Waals surface area contributed by atoms with Crippen molar-refractivity contribution in [2.75, 3.05) is 13.1 Å². The number of rotatable bonds is 4. The summed E-state index contributed by atoms with van der Waals surface area (Å²) in [4.78, 5) is 18.4. The van der Waals surface area contributed by atoms with Crippen molar-refractivity contribution in [1.29, 1.82) is 0 Å². The molecule has 1 amide bonds. The minimum atomic E-state index is -0.430. The number of carbonyl (C=O) groups is 1. The molecular formula is C20H19FN2O2. The molecule has 128 valence electrons. The molecule has 2 aromatic carbocycles. The third kappa shape index (κ3) is 3.45. The van der Waals surface area contributed by atoms with Crippen LogP contribution in [0.3, 0.4) is 0 Å². The molecule has 0 aliphatic heterocycles. The molecule has 3 aromatic rings. The summed E-state index contributed by atoms with van der Waals surface area (Å²) in [7, 11) is 0. The topological polar surface area (TPSA) is 42.4 Å². The summed E-state index contributed by atoms with van der Waals surface area (Å²) in [5.74, 6) is 0.00653. The van der Waals surface area contributed by atoms with Crippen LogP contribution >= 0.6 is 0 Å². The average Bonchev–Trinajstić information content (AvgIpc) is 2.63. The molecule has 0 radical (unpaired) electrons. The molecule has 0 spiro atoms. The van der Waals surface area contributed by atoms with Gasteiger partial charge in [-0.25, -0.2) is 14.2 Å². The van der Waals surface area contributed by atoms with Crippen LogP contribution in [0.5, 0.6) is 5.75 Å². The van der Waals surface area contributed by atoms with Gasteiger partial charge in [-0.2, -0.15) is 0 Å². The van der Waals surface area contributed by atoms with Gasteiger partial charge in [0.1, 0.15) is 11.6 Å². The van der Waals surface area contributed by atoms with E-state index in [2.05, 4.69) is 4.98 Å². The monoisotopic (exact) mass is 338 g/mol. The summed E-state index contributed by atoms with van der Waals surface area (Å²) in [6.07, 6.45) is -0.430. The number of pyridine rings is 1. The molecule has 3 rings (SSSR count). The van der Waals surface area contributed by atoms with Crippen LogP contribution in [0.4, 0.5) is 9.18 Å². The Labute approximate surface area is 145 Å². The van der Waals surface area contributed by atoms with E-state index in [0.29, 0.717) is 41.0 Å². The Morgan fingerprint density at radius 3 is 2.48 bits per heavy atom. The first-order valence-electron chi connectivity index (χ1n) is 8.25. The molecule has 0 N–H and O–H groups in total. The van der Waals surface area contributed by atoms with Gasteiger partial charge in [0.05, 0.1) is 11.2 Å². The number of benzene rings is 2. The molecule has 0 atom stereocenters. The normalized spacial score (nSPS) is 10.7. The first-order chi connectivity index (χ1) is 12.1. The van der Waals surface area contributed by atoms with Gasteiger partial charge < -0.3 is 9.64 Å². The number of para-hydroxylation sites is 1. The van der Waals surface area contributed by atoms with E-state index in [0.717, 1.165) is 0 Å². The van der Waals surface area contributed by atoms with E-state index in [1.165, 1.54) is 6.07 Å². The van der Waals surface area contributed by atoms with Crippen LogP contribution in [-0.2, 0) is 0 Å². The molecule has 0 bridgehead atoms. The minimum Gasteiger partial charge on any atom is -0.409 e. The quantitative estimate of drug-likeness (QED) is 0.681. The van der Waals surface area contributed by atoms with Gasteiger partial charge in [-0.3, -0.25) is 0 Å². The van der Waals surface area contributed by atoms with Crippen LogP contribution in [0.1, 0.15) is 13.8 Å². The second kappa shape index (κ2) is 7.30. The van der Waals surface area contributed by atoms with Crippen molar-refractivity contribution in [2.24, 2.45) is 0 Å². The molecule has 0 saturated heterocycles. The summed E-state index contributed by atoms with van der Waals surface area (Å²) < 4.78 is 19.7. The second-order valence-electron chi connectivity index (χ2n) is 5.54. The Hall–Kier alpha value is -2.95. The van der Waals surface area contributed by atoms with Gasteiger partial charge in [-0.1, -0.05) is 24.3 Å². The minimum absolute atomic E-state index is 0.369. The summed E-state index contributed by atoms with van der Waals surface area (Å²) in [6, 6.07) is 15.4.